The standard InChI is InChI=1S/C12H12N2O2.C3H6O3.3CHO.Re/c15-7-9-1-3-13-11(5-9)12-6-10(8-16)2-4-14-12;1-2-6-3(4)5;3*1-2;/h1-6,15-16H,7-8H2;2H2,1H3,(H,4,5);3*1H;/q;;3*-1;. The summed E-state index contributed by atoms with van der Waals surface area (Å²) in [6.45, 7) is 11.6. The smallest absolute Gasteiger partial charge is 0.505 e. The molecule has 0 amide bonds. The fourth-order valence-electron chi connectivity index (χ4n) is 1.55. The zero-order valence-electron chi connectivity index (χ0n) is 15.5. The molecule has 0 saturated carbocycles. The van der Waals surface area contributed by atoms with Crippen molar-refractivity contribution in [2.24, 2.45) is 0 Å². The minimum atomic E-state index is -1.21. The van der Waals surface area contributed by atoms with Crippen LogP contribution in [0.1, 0.15) is 18.1 Å². The number of aliphatic hydroxyl groups is 2. The molecule has 2 rings (SSSR count). The summed E-state index contributed by atoms with van der Waals surface area (Å²) in [5.41, 5.74) is 2.98. The van der Waals surface area contributed by atoms with Crippen molar-refractivity contribution in [3.8, 4) is 11.4 Å². The van der Waals surface area contributed by atoms with Gasteiger partial charge in [-0.25, -0.2) is 4.79 Å². The Bertz CT molecular complexity index is 611. The summed E-state index contributed by atoms with van der Waals surface area (Å²) >= 11 is 0. The van der Waals surface area contributed by atoms with Crippen molar-refractivity contribution >= 4 is 26.5 Å². The number of carboxylic acid groups (broad SMARTS) is 1. The first-order valence-electron chi connectivity index (χ1n) is 7.29. The van der Waals surface area contributed by atoms with Gasteiger partial charge >= 0.3 is 6.16 Å². The summed E-state index contributed by atoms with van der Waals surface area (Å²) < 4.78 is 3.96. The Morgan fingerprint density at radius 1 is 0.897 bits per heavy atom. The van der Waals surface area contributed by atoms with Crippen LogP contribution < -0.4 is 0 Å². The molecule has 0 aliphatic carbocycles. The second-order valence-electron chi connectivity index (χ2n) is 4.11. The Kier molecular flexibility index (Phi) is 29.3. The van der Waals surface area contributed by atoms with Gasteiger partial charge in [-0.3, -0.25) is 30.3 Å². The summed E-state index contributed by atoms with van der Waals surface area (Å²) in [6.07, 6.45) is 2.06. The van der Waals surface area contributed by atoms with E-state index in [0.29, 0.717) is 11.4 Å². The van der Waals surface area contributed by atoms with Crippen LogP contribution in [-0.4, -0.2) is 58.4 Å². The summed E-state index contributed by atoms with van der Waals surface area (Å²) in [5.74, 6) is 0. The van der Waals surface area contributed by atoms with Crippen LogP contribution in [0.4, 0.5) is 4.79 Å². The van der Waals surface area contributed by atoms with Crippen LogP contribution in [0.2, 0.25) is 0 Å². The van der Waals surface area contributed by atoms with Crippen molar-refractivity contribution in [1.29, 1.82) is 0 Å². The molecule has 10 nitrogen and oxygen atoms in total. The number of carbonyl (C=O) groups excluding carboxylic acids is 3. The number of nitrogens with zero attached hydrogens (tertiary/aromatic N) is 2. The van der Waals surface area contributed by atoms with Crippen molar-refractivity contribution in [3.63, 3.8) is 0 Å². The predicted molar refractivity (Wildman–Crippen MR) is 99.2 cm³/mol. The Morgan fingerprint density at radius 3 is 1.45 bits per heavy atom. The predicted octanol–water partition coefficient (Wildman–Crippen LogP) is 1.00. The van der Waals surface area contributed by atoms with Crippen LogP contribution in [0.15, 0.2) is 36.7 Å². The van der Waals surface area contributed by atoms with Gasteiger partial charge in [0.15, 0.2) is 0 Å². The molecular weight excluding hydrogens is 558 g/mol. The van der Waals surface area contributed by atoms with Gasteiger partial charge in [0, 0.05) is 32.8 Å². The first kappa shape index (κ1) is 33.7. The summed E-state index contributed by atoms with van der Waals surface area (Å²) in [5, 5.41) is 25.7. The minimum absolute atomic E-state index is 0. The van der Waals surface area contributed by atoms with Crippen molar-refractivity contribution in [2.75, 3.05) is 6.61 Å². The average molecular weight is 580 g/mol. The molecule has 161 valence electrons. The van der Waals surface area contributed by atoms with Crippen molar-refractivity contribution in [2.45, 2.75) is 20.1 Å². The number of aliphatic hydroxyl groups excluding tert-OH is 2. The molecule has 0 aromatic carbocycles. The van der Waals surface area contributed by atoms with Crippen LogP contribution in [0.3, 0.4) is 0 Å². The number of carbonyl (C=O) groups is 1. The van der Waals surface area contributed by atoms with Gasteiger partial charge in [-0.1, -0.05) is 0 Å². The molecule has 0 atom stereocenters. The van der Waals surface area contributed by atoms with Gasteiger partial charge in [-0.05, 0) is 42.3 Å². The maximum atomic E-state index is 9.38. The molecule has 0 spiro atoms. The Balaban J connectivity index is -0.000000205. The second kappa shape index (κ2) is 25.2. The van der Waals surface area contributed by atoms with Crippen LogP contribution in [-0.2, 0) is 52.8 Å². The van der Waals surface area contributed by atoms with E-state index in [4.69, 9.17) is 29.7 Å². The van der Waals surface area contributed by atoms with Gasteiger partial charge < -0.3 is 34.4 Å². The van der Waals surface area contributed by atoms with Gasteiger partial charge in [-0.15, -0.1) is 0 Å². The van der Waals surface area contributed by atoms with Gasteiger partial charge in [0.2, 0.25) is 0 Å². The van der Waals surface area contributed by atoms with E-state index in [1.807, 2.05) is 0 Å². The number of aromatic nitrogens is 2. The quantitative estimate of drug-likeness (QED) is 0.271. The molecule has 29 heavy (non-hydrogen) atoms. The van der Waals surface area contributed by atoms with Gasteiger partial charge in [0.05, 0.1) is 31.2 Å². The molecular formula is C18H21N2O8Re-3. The molecule has 0 saturated heterocycles. The van der Waals surface area contributed by atoms with E-state index in [-0.39, 0.29) is 40.2 Å². The maximum absolute atomic E-state index is 9.38. The number of pyridine rings is 2. The fourth-order valence-corrected chi connectivity index (χ4v) is 1.55. The first-order valence-corrected chi connectivity index (χ1v) is 7.29. The number of hydrogen-bond donors (Lipinski definition) is 3. The summed E-state index contributed by atoms with van der Waals surface area (Å²) in [6, 6.07) is 7.06. The van der Waals surface area contributed by atoms with Crippen molar-refractivity contribution < 1.29 is 59.7 Å². The third kappa shape index (κ3) is 17.0. The van der Waals surface area contributed by atoms with E-state index >= 15 is 0 Å². The molecule has 0 aliphatic heterocycles. The van der Waals surface area contributed by atoms with Gasteiger partial charge in [0.1, 0.15) is 0 Å². The molecule has 11 heteroatoms. The average Bonchev–Trinajstić information content (AvgIpc) is 2.78. The van der Waals surface area contributed by atoms with Gasteiger partial charge in [0.25, 0.3) is 0 Å². The third-order valence-electron chi connectivity index (χ3n) is 2.54. The molecule has 2 aromatic heterocycles. The van der Waals surface area contributed by atoms with E-state index in [1.165, 1.54) is 0 Å². The van der Waals surface area contributed by atoms with Crippen LogP contribution >= 0.6 is 0 Å². The third-order valence-corrected chi connectivity index (χ3v) is 2.54. The number of rotatable bonds is 4. The second-order valence-corrected chi connectivity index (χ2v) is 4.11. The Hall–Kier alpha value is -2.84. The molecule has 0 unspecified atom stereocenters. The van der Waals surface area contributed by atoms with Crippen molar-refractivity contribution in [1.82, 2.24) is 9.97 Å². The van der Waals surface area contributed by atoms with E-state index < -0.39 is 6.16 Å². The molecule has 1 radical (unpaired) electrons. The zero-order valence-corrected chi connectivity index (χ0v) is 18.2. The zero-order chi connectivity index (χ0) is 22.4. The van der Waals surface area contributed by atoms with E-state index in [0.717, 1.165) is 11.1 Å². The van der Waals surface area contributed by atoms with E-state index in [9.17, 15) is 4.79 Å². The van der Waals surface area contributed by atoms with Crippen LogP contribution in [0, 0.1) is 0 Å². The molecule has 0 aliphatic rings. The van der Waals surface area contributed by atoms with Crippen LogP contribution in [0.25, 0.3) is 11.4 Å². The largest absolute Gasteiger partial charge is 0.545 e. The van der Waals surface area contributed by atoms with Gasteiger partial charge in [-0.2, -0.15) is 0 Å². The Labute approximate surface area is 182 Å². The fraction of sp³-hybridized carbons (Fsp3) is 0.222. The number of hydrogen-bond acceptors (Lipinski definition) is 9. The van der Waals surface area contributed by atoms with E-state index in [1.54, 1.807) is 43.6 Å². The topological polar surface area (TPSA) is 164 Å². The monoisotopic (exact) mass is 580 g/mol. The molecule has 2 heterocycles. The molecule has 0 fully saturated rings. The Morgan fingerprint density at radius 2 is 1.24 bits per heavy atom. The molecule has 3 N–H and O–H groups in total. The molecule has 2 aromatic rings. The summed E-state index contributed by atoms with van der Waals surface area (Å²) in [7, 11) is 0. The SMILES string of the molecule is CCOC(=O)O.OCc1ccnc(-c2cc(CO)ccn2)c1.[CH-]=O.[CH-]=O.[CH-]=O.[Re]. The molecule has 0 bridgehead atoms. The van der Waals surface area contributed by atoms with E-state index in [2.05, 4.69) is 35.1 Å². The minimum Gasteiger partial charge on any atom is -0.545 e. The normalized spacial score (nSPS) is 7.69. The van der Waals surface area contributed by atoms with Crippen LogP contribution in [0.5, 0.6) is 0 Å². The number of ether oxygens (including phenoxy) is 1. The maximum Gasteiger partial charge on any atom is 0.505 e. The first-order chi connectivity index (χ1) is 13.6. The summed E-state index contributed by atoms with van der Waals surface area (Å²) in [4.78, 5) is 41.0. The van der Waals surface area contributed by atoms with Crippen molar-refractivity contribution in [3.05, 3.63) is 47.8 Å².